The lowest BCUT2D eigenvalue weighted by Crippen LogP contribution is -2.24. The van der Waals surface area contributed by atoms with Gasteiger partial charge >= 0.3 is 0 Å². The molecule has 112 valence electrons. The van der Waals surface area contributed by atoms with Gasteiger partial charge in [-0.1, -0.05) is 23.4 Å². The van der Waals surface area contributed by atoms with Crippen LogP contribution in [0.2, 0.25) is 5.02 Å². The molecule has 1 amide bonds. The van der Waals surface area contributed by atoms with Crippen LogP contribution in [0, 0.1) is 17.7 Å². The summed E-state index contributed by atoms with van der Waals surface area (Å²) in [6, 6.07) is 10.6. The Morgan fingerprint density at radius 1 is 1.27 bits per heavy atom. The van der Waals surface area contributed by atoms with Crippen LogP contribution in [0.25, 0.3) is 0 Å². The van der Waals surface area contributed by atoms with Crippen LogP contribution in [0.5, 0.6) is 5.75 Å². The molecule has 0 bridgehead atoms. The Labute approximate surface area is 133 Å². The minimum Gasteiger partial charge on any atom is -0.496 e. The molecular weight excluding hydrogens is 305 g/mol. The number of carbonyl (C=O) groups is 1. The van der Waals surface area contributed by atoms with Crippen molar-refractivity contribution in [1.82, 2.24) is 5.32 Å². The van der Waals surface area contributed by atoms with Crippen molar-refractivity contribution in [2.75, 3.05) is 13.7 Å². The maximum Gasteiger partial charge on any atom is 0.255 e. The summed E-state index contributed by atoms with van der Waals surface area (Å²) in [7, 11) is 1.48. The Morgan fingerprint density at radius 3 is 2.68 bits per heavy atom. The number of halogens is 2. The van der Waals surface area contributed by atoms with Crippen molar-refractivity contribution < 1.29 is 13.9 Å². The van der Waals surface area contributed by atoms with Gasteiger partial charge in [0.25, 0.3) is 5.91 Å². The van der Waals surface area contributed by atoms with E-state index < -0.39 is 0 Å². The van der Waals surface area contributed by atoms with E-state index in [1.54, 1.807) is 24.3 Å². The van der Waals surface area contributed by atoms with Crippen LogP contribution in [0.3, 0.4) is 0 Å². The van der Waals surface area contributed by atoms with Crippen molar-refractivity contribution in [3.05, 3.63) is 64.4 Å². The van der Waals surface area contributed by atoms with Crippen molar-refractivity contribution in [1.29, 1.82) is 0 Å². The average molecular weight is 318 g/mol. The highest BCUT2D eigenvalue weighted by Gasteiger charge is 2.11. The molecule has 0 aromatic heterocycles. The number of rotatable bonds is 3. The monoisotopic (exact) mass is 317 g/mol. The molecule has 22 heavy (non-hydrogen) atoms. The first kappa shape index (κ1) is 15.9. The SMILES string of the molecule is COc1ccc(Cl)cc1C(=O)NCC#Cc1ccc(F)cc1. The fourth-order valence-electron chi connectivity index (χ4n) is 1.76. The third kappa shape index (κ3) is 4.24. The number of hydrogen-bond acceptors (Lipinski definition) is 2. The highest BCUT2D eigenvalue weighted by atomic mass is 35.5. The fourth-order valence-corrected chi connectivity index (χ4v) is 1.93. The zero-order chi connectivity index (χ0) is 15.9. The summed E-state index contributed by atoms with van der Waals surface area (Å²) in [5.74, 6) is 5.42. The smallest absolute Gasteiger partial charge is 0.255 e. The molecule has 2 aromatic rings. The van der Waals surface area contributed by atoms with E-state index in [2.05, 4.69) is 17.2 Å². The third-order valence-electron chi connectivity index (χ3n) is 2.82. The van der Waals surface area contributed by atoms with E-state index >= 15 is 0 Å². The molecule has 2 aromatic carbocycles. The van der Waals surface area contributed by atoms with Crippen molar-refractivity contribution in [3.63, 3.8) is 0 Å². The summed E-state index contributed by atoms with van der Waals surface area (Å²) >= 11 is 5.88. The van der Waals surface area contributed by atoms with E-state index in [1.807, 2.05) is 0 Å². The molecule has 2 rings (SSSR count). The molecule has 3 nitrogen and oxygen atoms in total. The van der Waals surface area contributed by atoms with Gasteiger partial charge in [0.05, 0.1) is 19.2 Å². The first-order valence-electron chi connectivity index (χ1n) is 6.46. The molecule has 0 spiro atoms. The van der Waals surface area contributed by atoms with Gasteiger partial charge in [-0.3, -0.25) is 4.79 Å². The van der Waals surface area contributed by atoms with Gasteiger partial charge in [0.2, 0.25) is 0 Å². The summed E-state index contributed by atoms with van der Waals surface area (Å²) in [5.41, 5.74) is 1.02. The van der Waals surface area contributed by atoms with Crippen LogP contribution in [-0.4, -0.2) is 19.6 Å². The number of carbonyl (C=O) groups excluding carboxylic acids is 1. The molecule has 0 unspecified atom stereocenters. The highest BCUT2D eigenvalue weighted by Crippen LogP contribution is 2.22. The maximum absolute atomic E-state index is 12.7. The lowest BCUT2D eigenvalue weighted by molar-refractivity contribution is 0.0955. The zero-order valence-corrected chi connectivity index (χ0v) is 12.6. The largest absolute Gasteiger partial charge is 0.496 e. The molecular formula is C17H13ClFNO2. The van der Waals surface area contributed by atoms with Gasteiger partial charge in [-0.25, -0.2) is 4.39 Å². The minimum absolute atomic E-state index is 0.159. The molecule has 1 N–H and O–H groups in total. The van der Waals surface area contributed by atoms with Gasteiger partial charge in [-0.05, 0) is 42.5 Å². The average Bonchev–Trinajstić information content (AvgIpc) is 2.53. The van der Waals surface area contributed by atoms with E-state index in [0.29, 0.717) is 21.9 Å². The summed E-state index contributed by atoms with van der Waals surface area (Å²) in [4.78, 5) is 12.1. The number of benzene rings is 2. The van der Waals surface area contributed by atoms with Crippen molar-refractivity contribution >= 4 is 17.5 Å². The second kappa shape index (κ2) is 7.48. The van der Waals surface area contributed by atoms with Gasteiger partial charge in [0.1, 0.15) is 11.6 Å². The first-order chi connectivity index (χ1) is 10.6. The fraction of sp³-hybridized carbons (Fsp3) is 0.118. The zero-order valence-electron chi connectivity index (χ0n) is 11.8. The number of amides is 1. The molecule has 0 aliphatic carbocycles. The maximum atomic E-state index is 12.7. The molecule has 0 radical (unpaired) electrons. The molecule has 0 saturated heterocycles. The lowest BCUT2D eigenvalue weighted by atomic mass is 10.2. The summed E-state index contributed by atoms with van der Waals surface area (Å²) in [6.45, 7) is 0.159. The predicted molar refractivity (Wildman–Crippen MR) is 83.6 cm³/mol. The van der Waals surface area contributed by atoms with Gasteiger partial charge < -0.3 is 10.1 Å². The molecule has 5 heteroatoms. The molecule has 0 fully saturated rings. The Kier molecular flexibility index (Phi) is 5.40. The van der Waals surface area contributed by atoms with E-state index in [4.69, 9.17) is 16.3 Å². The summed E-state index contributed by atoms with van der Waals surface area (Å²) in [5, 5.41) is 3.10. The number of ether oxygens (including phenoxy) is 1. The molecule has 0 saturated carbocycles. The lowest BCUT2D eigenvalue weighted by Gasteiger charge is -2.08. The van der Waals surface area contributed by atoms with E-state index in [9.17, 15) is 9.18 Å². The van der Waals surface area contributed by atoms with Crippen molar-refractivity contribution in [3.8, 4) is 17.6 Å². The molecule has 0 atom stereocenters. The second-order valence-corrected chi connectivity index (χ2v) is 4.77. The standard InChI is InChI=1S/C17H13ClFNO2/c1-22-16-9-6-13(18)11-15(16)17(21)20-10-2-3-12-4-7-14(19)8-5-12/h4-9,11H,10H2,1H3,(H,20,21). The van der Waals surface area contributed by atoms with Crippen LogP contribution in [0.15, 0.2) is 42.5 Å². The normalized spacial score (nSPS) is 9.59. The van der Waals surface area contributed by atoms with E-state index in [1.165, 1.54) is 25.3 Å². The number of nitrogens with one attached hydrogen (secondary N) is 1. The Bertz CT molecular complexity index is 733. The van der Waals surface area contributed by atoms with Crippen LogP contribution in [0.4, 0.5) is 4.39 Å². The molecule has 0 aliphatic rings. The summed E-state index contributed by atoms with van der Waals surface area (Å²) < 4.78 is 17.9. The second-order valence-electron chi connectivity index (χ2n) is 4.34. The van der Waals surface area contributed by atoms with E-state index in [0.717, 1.165) is 0 Å². The molecule has 0 heterocycles. The number of hydrogen-bond donors (Lipinski definition) is 1. The third-order valence-corrected chi connectivity index (χ3v) is 3.06. The van der Waals surface area contributed by atoms with E-state index in [-0.39, 0.29) is 18.3 Å². The number of methoxy groups -OCH3 is 1. The van der Waals surface area contributed by atoms with Gasteiger partial charge in [0, 0.05) is 10.6 Å². The Morgan fingerprint density at radius 2 is 2.00 bits per heavy atom. The van der Waals surface area contributed by atoms with Crippen LogP contribution < -0.4 is 10.1 Å². The van der Waals surface area contributed by atoms with Crippen molar-refractivity contribution in [2.24, 2.45) is 0 Å². The highest BCUT2D eigenvalue weighted by molar-refractivity contribution is 6.31. The Hall–Kier alpha value is -2.51. The van der Waals surface area contributed by atoms with Crippen LogP contribution in [-0.2, 0) is 0 Å². The van der Waals surface area contributed by atoms with Crippen LogP contribution in [0.1, 0.15) is 15.9 Å². The quantitative estimate of drug-likeness (QED) is 0.882. The summed E-state index contributed by atoms with van der Waals surface area (Å²) in [6.07, 6.45) is 0. The Balaban J connectivity index is 1.99. The van der Waals surface area contributed by atoms with Gasteiger partial charge in [0.15, 0.2) is 0 Å². The van der Waals surface area contributed by atoms with Crippen molar-refractivity contribution in [2.45, 2.75) is 0 Å². The predicted octanol–water partition coefficient (Wildman–Crippen LogP) is 3.27. The van der Waals surface area contributed by atoms with Gasteiger partial charge in [-0.15, -0.1) is 0 Å². The first-order valence-corrected chi connectivity index (χ1v) is 6.84. The topological polar surface area (TPSA) is 38.3 Å². The van der Waals surface area contributed by atoms with Crippen LogP contribution >= 0.6 is 11.6 Å². The van der Waals surface area contributed by atoms with Gasteiger partial charge in [-0.2, -0.15) is 0 Å². The molecule has 0 aliphatic heterocycles. The minimum atomic E-state index is -0.326.